The number of aliphatic hydroxyl groups excluding tert-OH is 1. The molecule has 0 spiro atoms. The van der Waals surface area contributed by atoms with Crippen molar-refractivity contribution in [3.05, 3.63) is 68.1 Å². The van der Waals surface area contributed by atoms with Gasteiger partial charge in [-0.05, 0) is 36.2 Å². The number of H-pyrrole nitrogens is 2. The van der Waals surface area contributed by atoms with Gasteiger partial charge in [0, 0.05) is 0 Å². The first kappa shape index (κ1) is 12.4. The van der Waals surface area contributed by atoms with Gasteiger partial charge in [0.15, 0.2) is 0 Å². The summed E-state index contributed by atoms with van der Waals surface area (Å²) >= 11 is 0. The molecule has 3 rings (SSSR count). The lowest BCUT2D eigenvalue weighted by molar-refractivity contribution is 0.188. The highest BCUT2D eigenvalue weighted by atomic mass is 16.4. The van der Waals surface area contributed by atoms with E-state index >= 15 is 0 Å². The van der Waals surface area contributed by atoms with Crippen molar-refractivity contribution in [3.8, 4) is 0 Å². The highest BCUT2D eigenvalue weighted by molar-refractivity contribution is 5.74. The zero-order valence-corrected chi connectivity index (χ0v) is 10.6. The Morgan fingerprint density at radius 3 is 2.45 bits per heavy atom. The van der Waals surface area contributed by atoms with E-state index in [9.17, 15) is 14.7 Å². The number of aryl methyl sites for hydroxylation is 1. The van der Waals surface area contributed by atoms with Gasteiger partial charge in [0.1, 0.15) is 11.9 Å². The Hall–Kier alpha value is -2.60. The van der Waals surface area contributed by atoms with Gasteiger partial charge in [0.2, 0.25) is 0 Å². The maximum Gasteiger partial charge on any atom is 0.314 e. The van der Waals surface area contributed by atoms with Gasteiger partial charge >= 0.3 is 11.1 Å². The van der Waals surface area contributed by atoms with Crippen molar-refractivity contribution in [2.24, 2.45) is 0 Å². The average molecular weight is 272 g/mol. The number of aromatic nitrogens is 2. The number of furan rings is 1. The second kappa shape index (κ2) is 4.50. The standard InChI is InChI=1S/C14H12N2O4/c1-7-4-5-20-12(7)11(17)8-2-3-9-10(6-8)16-14(19)13(18)15-9/h2-6,11,17H,1H3,(H,15,18)(H,16,19). The minimum absolute atomic E-state index is 0.454. The first-order valence-corrected chi connectivity index (χ1v) is 6.04. The summed E-state index contributed by atoms with van der Waals surface area (Å²) in [5.41, 5.74) is 0.939. The van der Waals surface area contributed by atoms with Crippen molar-refractivity contribution in [2.45, 2.75) is 13.0 Å². The summed E-state index contributed by atoms with van der Waals surface area (Å²) in [6.45, 7) is 1.84. The molecule has 1 atom stereocenters. The fraction of sp³-hybridized carbons (Fsp3) is 0.143. The monoisotopic (exact) mass is 272 g/mol. The number of nitrogens with one attached hydrogen (secondary N) is 2. The zero-order valence-electron chi connectivity index (χ0n) is 10.6. The molecule has 3 N–H and O–H groups in total. The van der Waals surface area contributed by atoms with E-state index < -0.39 is 17.2 Å². The summed E-state index contributed by atoms with van der Waals surface area (Å²) in [5, 5.41) is 10.3. The quantitative estimate of drug-likeness (QED) is 0.610. The zero-order chi connectivity index (χ0) is 14.3. The highest BCUT2D eigenvalue weighted by Crippen LogP contribution is 2.26. The molecule has 102 valence electrons. The summed E-state index contributed by atoms with van der Waals surface area (Å²) in [6.07, 6.45) is 0.582. The summed E-state index contributed by atoms with van der Waals surface area (Å²) in [4.78, 5) is 27.5. The van der Waals surface area contributed by atoms with E-state index in [0.717, 1.165) is 5.56 Å². The van der Waals surface area contributed by atoms with Crippen molar-refractivity contribution in [3.63, 3.8) is 0 Å². The summed E-state index contributed by atoms with van der Waals surface area (Å²) < 4.78 is 5.26. The molecule has 0 bridgehead atoms. The minimum Gasteiger partial charge on any atom is -0.466 e. The molecule has 0 saturated heterocycles. The Morgan fingerprint density at radius 1 is 1.10 bits per heavy atom. The van der Waals surface area contributed by atoms with Crippen LogP contribution in [0.2, 0.25) is 0 Å². The Morgan fingerprint density at radius 2 is 1.80 bits per heavy atom. The molecule has 0 aliphatic heterocycles. The molecule has 1 aromatic carbocycles. The molecule has 0 fully saturated rings. The normalized spacial score (nSPS) is 12.7. The van der Waals surface area contributed by atoms with Crippen molar-refractivity contribution in [2.75, 3.05) is 0 Å². The van der Waals surface area contributed by atoms with Crippen LogP contribution in [0.4, 0.5) is 0 Å². The molecule has 1 unspecified atom stereocenters. The van der Waals surface area contributed by atoms with Crippen LogP contribution in [-0.2, 0) is 0 Å². The van der Waals surface area contributed by atoms with Gasteiger partial charge in [0.05, 0.1) is 17.3 Å². The predicted molar refractivity (Wildman–Crippen MR) is 72.7 cm³/mol. The third-order valence-corrected chi connectivity index (χ3v) is 3.21. The topological polar surface area (TPSA) is 99.1 Å². The van der Waals surface area contributed by atoms with Gasteiger partial charge in [-0.3, -0.25) is 9.59 Å². The fourth-order valence-corrected chi connectivity index (χ4v) is 2.12. The van der Waals surface area contributed by atoms with Crippen molar-refractivity contribution < 1.29 is 9.52 Å². The Balaban J connectivity index is 2.14. The van der Waals surface area contributed by atoms with E-state index in [4.69, 9.17) is 4.42 Å². The smallest absolute Gasteiger partial charge is 0.314 e. The third-order valence-electron chi connectivity index (χ3n) is 3.21. The number of hydrogen-bond donors (Lipinski definition) is 3. The maximum atomic E-state index is 11.3. The summed E-state index contributed by atoms with van der Waals surface area (Å²) in [6, 6.07) is 6.67. The van der Waals surface area contributed by atoms with Gasteiger partial charge in [-0.1, -0.05) is 6.07 Å². The molecule has 0 radical (unpaired) electrons. The number of rotatable bonds is 2. The lowest BCUT2D eigenvalue weighted by Gasteiger charge is -2.10. The van der Waals surface area contributed by atoms with Crippen LogP contribution in [0.15, 0.2) is 44.5 Å². The van der Waals surface area contributed by atoms with Crippen molar-refractivity contribution in [1.82, 2.24) is 9.97 Å². The number of fused-ring (bicyclic) bond motifs is 1. The lowest BCUT2D eigenvalue weighted by atomic mass is 10.0. The summed E-state index contributed by atoms with van der Waals surface area (Å²) in [7, 11) is 0. The maximum absolute atomic E-state index is 11.3. The SMILES string of the molecule is Cc1ccoc1C(O)c1ccc2[nH]c(=O)c(=O)[nH]c2c1. The second-order valence-corrected chi connectivity index (χ2v) is 4.58. The first-order chi connectivity index (χ1) is 9.56. The third kappa shape index (κ3) is 1.96. The molecule has 2 aromatic heterocycles. The van der Waals surface area contributed by atoms with Crippen LogP contribution in [0.1, 0.15) is 23.0 Å². The van der Waals surface area contributed by atoms with Gasteiger partial charge in [0.25, 0.3) is 0 Å². The molecule has 3 aromatic rings. The average Bonchev–Trinajstić information content (AvgIpc) is 2.85. The molecular weight excluding hydrogens is 260 g/mol. The van der Waals surface area contributed by atoms with Crippen LogP contribution in [0.25, 0.3) is 11.0 Å². The molecule has 2 heterocycles. The van der Waals surface area contributed by atoms with E-state index in [1.54, 1.807) is 24.3 Å². The molecule has 6 heteroatoms. The molecule has 0 saturated carbocycles. The largest absolute Gasteiger partial charge is 0.466 e. The number of aromatic amines is 2. The van der Waals surface area contributed by atoms with E-state index in [1.165, 1.54) is 6.26 Å². The number of aliphatic hydroxyl groups is 1. The molecule has 6 nitrogen and oxygen atoms in total. The molecule has 20 heavy (non-hydrogen) atoms. The van der Waals surface area contributed by atoms with Crippen LogP contribution < -0.4 is 11.1 Å². The predicted octanol–water partition coefficient (Wildman–Crippen LogP) is 1.20. The highest BCUT2D eigenvalue weighted by Gasteiger charge is 2.16. The van der Waals surface area contributed by atoms with Gasteiger partial charge in [-0.15, -0.1) is 0 Å². The van der Waals surface area contributed by atoms with E-state index in [1.807, 2.05) is 6.92 Å². The Kier molecular flexibility index (Phi) is 2.80. The van der Waals surface area contributed by atoms with Crippen molar-refractivity contribution in [1.29, 1.82) is 0 Å². The van der Waals surface area contributed by atoms with Crippen LogP contribution >= 0.6 is 0 Å². The Labute approximate surface area is 112 Å². The summed E-state index contributed by atoms with van der Waals surface area (Å²) in [5.74, 6) is 0.455. The van der Waals surface area contributed by atoms with Crippen LogP contribution in [0, 0.1) is 6.92 Å². The number of benzene rings is 1. The van der Waals surface area contributed by atoms with E-state index in [0.29, 0.717) is 22.4 Å². The number of hydrogen-bond acceptors (Lipinski definition) is 4. The van der Waals surface area contributed by atoms with Gasteiger partial charge < -0.3 is 19.5 Å². The van der Waals surface area contributed by atoms with Gasteiger partial charge in [-0.25, -0.2) is 0 Å². The molecule has 0 aliphatic carbocycles. The first-order valence-electron chi connectivity index (χ1n) is 6.04. The Bertz CT molecular complexity index is 888. The van der Waals surface area contributed by atoms with Gasteiger partial charge in [-0.2, -0.15) is 0 Å². The second-order valence-electron chi connectivity index (χ2n) is 4.58. The minimum atomic E-state index is -0.926. The molecule has 0 amide bonds. The fourth-order valence-electron chi connectivity index (χ4n) is 2.12. The molecule has 0 aliphatic rings. The molecular formula is C14H12N2O4. The van der Waals surface area contributed by atoms with Crippen LogP contribution in [-0.4, -0.2) is 15.1 Å². The van der Waals surface area contributed by atoms with Crippen molar-refractivity contribution >= 4 is 11.0 Å². The van der Waals surface area contributed by atoms with E-state index in [2.05, 4.69) is 9.97 Å². The van der Waals surface area contributed by atoms with E-state index in [-0.39, 0.29) is 0 Å². The van der Waals surface area contributed by atoms with Crippen LogP contribution in [0.3, 0.4) is 0 Å². The lowest BCUT2D eigenvalue weighted by Crippen LogP contribution is -2.28. The van der Waals surface area contributed by atoms with Crippen LogP contribution in [0.5, 0.6) is 0 Å².